The Morgan fingerprint density at radius 2 is 1.15 bits per heavy atom. The first kappa shape index (κ1) is 46.7. The van der Waals surface area contributed by atoms with Crippen molar-refractivity contribution < 1.29 is 79.2 Å². The van der Waals surface area contributed by atoms with Crippen LogP contribution in [0.2, 0.25) is 10.0 Å². The Morgan fingerprint density at radius 1 is 0.759 bits per heavy atom. The van der Waals surface area contributed by atoms with Gasteiger partial charge in [0.1, 0.15) is 22.7 Å². The smallest absolute Gasteiger partial charge is 0 e. The van der Waals surface area contributed by atoms with Gasteiger partial charge in [-0.15, -0.1) is 0 Å². The number of esters is 1. The molecule has 0 saturated heterocycles. The van der Waals surface area contributed by atoms with Crippen LogP contribution in [0.1, 0.15) is 80.7 Å². The number of halogens is 6. The Labute approximate surface area is 375 Å². The number of aromatic carboxylic acids is 1. The van der Waals surface area contributed by atoms with E-state index in [2.05, 4.69) is 49.9 Å². The van der Waals surface area contributed by atoms with Crippen molar-refractivity contribution in [1.82, 2.24) is 9.97 Å². The molecule has 0 spiro atoms. The van der Waals surface area contributed by atoms with E-state index in [0.29, 0.717) is 54.2 Å². The summed E-state index contributed by atoms with van der Waals surface area (Å²) in [6, 6.07) is 15.6. The minimum atomic E-state index is -1.16. The second-order valence-electron chi connectivity index (χ2n) is 13.6. The van der Waals surface area contributed by atoms with Crippen LogP contribution in [0.25, 0.3) is 44.7 Å². The van der Waals surface area contributed by atoms with Crippen LogP contribution in [0.15, 0.2) is 69.5 Å². The third-order valence-electron chi connectivity index (χ3n) is 7.69. The quantitative estimate of drug-likeness (QED) is 0.134. The maximum Gasteiger partial charge on any atom is 0 e. The predicted octanol–water partition coefficient (Wildman–Crippen LogP) is 12.8. The van der Waals surface area contributed by atoms with Crippen molar-refractivity contribution in [2.45, 2.75) is 59.3 Å². The van der Waals surface area contributed by atoms with Gasteiger partial charge in [0.2, 0.25) is 11.5 Å². The largest absolute Gasteiger partial charge is 0 e. The van der Waals surface area contributed by atoms with Crippen molar-refractivity contribution in [3.8, 4) is 22.5 Å². The molecule has 0 aliphatic carbocycles. The molecule has 1 N–H and O–H groups in total. The number of carboxylic acid groups (broad SMARTS) is 1. The average Bonchev–Trinajstić information content (AvgIpc) is 3.71. The summed E-state index contributed by atoms with van der Waals surface area (Å²) < 4.78 is 43.8. The summed E-state index contributed by atoms with van der Waals surface area (Å²) in [7, 11) is 0.628. The van der Waals surface area contributed by atoms with Crippen LogP contribution in [0.4, 0.5) is 8.78 Å². The number of carboxylic acids is 1. The van der Waals surface area contributed by atoms with Crippen molar-refractivity contribution in [2.75, 3.05) is 6.61 Å². The summed E-state index contributed by atoms with van der Waals surface area (Å²) in [6.07, 6.45) is 0. The van der Waals surface area contributed by atoms with Crippen LogP contribution in [0.3, 0.4) is 0 Å². The Balaban J connectivity index is 0.000000267. The van der Waals surface area contributed by atoms with Gasteiger partial charge in [-0.25, -0.2) is 28.3 Å². The van der Waals surface area contributed by atoms with Crippen molar-refractivity contribution in [1.29, 1.82) is 0 Å². The number of furan rings is 2. The van der Waals surface area contributed by atoms with E-state index in [4.69, 9.17) is 41.9 Å². The fourth-order valence-corrected chi connectivity index (χ4v) is 5.41. The number of hydrogen-bond acceptors (Lipinski definition) is 7. The fraction of sp³-hybridized carbons (Fsp3) is 0.263. The number of nitrogens with zero attached hydrogens (tertiary/aromatic N) is 2. The van der Waals surface area contributed by atoms with E-state index in [9.17, 15) is 18.4 Å². The summed E-state index contributed by atoms with van der Waals surface area (Å²) >= 11 is 16.2. The number of carbonyl (C=O) groups is 2. The molecule has 0 fully saturated rings. The van der Waals surface area contributed by atoms with Gasteiger partial charge in [-0.05, 0) is 54.2 Å². The molecule has 4 heterocycles. The summed E-state index contributed by atoms with van der Waals surface area (Å²) in [5.41, 5.74) is 5.23. The summed E-state index contributed by atoms with van der Waals surface area (Å²) in [5, 5.41) is 9.24. The standard InChI is InChI=1S/C20H19ClFNO3.C18H15ClFNO3.2HI.V.Y/c1-5-25-19(24)17-10-16-18(26-17)12(20(2,3)4)9-15(23-16)11-6-7-13(21)14(22)8-11;1-18(2,3)10-7-13(9-4-5-11(19)12(20)6-9)21-14-8-15(17(22)23)24-16(10)14;;;;/h6-10H,5H2,1-4H3;4-8H,1-3H3,(H,22,23);2*1H;;/q;;;;+2;/p-2. The van der Waals surface area contributed by atoms with Gasteiger partial charge in [0.25, 0.3) is 0 Å². The van der Waals surface area contributed by atoms with E-state index in [1.165, 1.54) is 30.3 Å². The molecule has 2 aromatic carbocycles. The summed E-state index contributed by atoms with van der Waals surface area (Å²) in [6.45, 7) is 14.0. The molecule has 0 saturated carbocycles. The Morgan fingerprint density at radius 3 is 1.50 bits per heavy atom. The van der Waals surface area contributed by atoms with E-state index in [-0.39, 0.29) is 71.7 Å². The first-order valence-electron chi connectivity index (χ1n) is 15.9. The van der Waals surface area contributed by atoms with Crippen molar-refractivity contribution >= 4 is 97.3 Å². The van der Waals surface area contributed by atoms with Gasteiger partial charge in [-0.3, -0.25) is 0 Å². The van der Waals surface area contributed by atoms with Gasteiger partial charge in [-0.1, -0.05) is 76.9 Å². The SMILES string of the molecule is CC(C)(C)c1cc(-c2ccc(Cl)c(F)c2)nc2cc(C(=O)O)oc12.CCOC(=O)c1cc2nc(-c3ccc(Cl)c(F)c3)cc(C(C)(C)C)c2o1.[I][V][I].[Y]. The van der Waals surface area contributed by atoms with Crippen LogP contribution in [-0.2, 0) is 57.7 Å². The molecule has 16 heteroatoms. The maximum absolute atomic E-state index is 13.9. The molecular weight excluding hydrogens is 1080 g/mol. The van der Waals surface area contributed by atoms with Crippen molar-refractivity contribution in [3.63, 3.8) is 0 Å². The third kappa shape index (κ3) is 11.5. The number of rotatable bonds is 5. The zero-order valence-corrected chi connectivity index (χ0v) is 40.2. The molecule has 0 aliphatic heterocycles. The maximum atomic E-state index is 13.9. The van der Waals surface area contributed by atoms with Crippen LogP contribution >= 0.6 is 63.2 Å². The van der Waals surface area contributed by atoms with Gasteiger partial charge < -0.3 is 18.7 Å². The topological polar surface area (TPSA) is 116 Å². The Bertz CT molecular complexity index is 2310. The van der Waals surface area contributed by atoms with Gasteiger partial charge in [0, 0.05) is 67.1 Å². The molecule has 0 atom stereocenters. The second kappa shape index (κ2) is 19.7. The molecule has 8 nitrogen and oxygen atoms in total. The molecule has 0 bridgehead atoms. The van der Waals surface area contributed by atoms with E-state index >= 15 is 0 Å². The number of aromatic nitrogens is 2. The summed E-state index contributed by atoms with van der Waals surface area (Å²) in [4.78, 5) is 32.2. The first-order valence-corrected chi connectivity index (χ1v) is 25.7. The molecule has 6 aromatic rings. The van der Waals surface area contributed by atoms with Crippen LogP contribution in [0, 0.1) is 11.6 Å². The van der Waals surface area contributed by atoms with Gasteiger partial charge >= 0.3 is 61.4 Å². The molecule has 0 amide bonds. The zero-order valence-electron chi connectivity index (χ0n) is 30.2. The molecule has 0 aliphatic rings. The van der Waals surface area contributed by atoms with E-state index in [1.54, 1.807) is 31.2 Å². The molecule has 0 unspecified atom stereocenters. The Kier molecular flexibility index (Phi) is 17.0. The van der Waals surface area contributed by atoms with Gasteiger partial charge in [0.05, 0.1) is 28.0 Å². The number of ether oxygens (including phenoxy) is 1. The van der Waals surface area contributed by atoms with E-state index in [0.717, 1.165) is 11.1 Å². The number of hydrogen-bond donors (Lipinski definition) is 1. The van der Waals surface area contributed by atoms with Crippen LogP contribution in [-0.4, -0.2) is 33.6 Å². The van der Waals surface area contributed by atoms with Crippen molar-refractivity contribution in [2.24, 2.45) is 0 Å². The van der Waals surface area contributed by atoms with Gasteiger partial charge in [-0.2, -0.15) is 0 Å². The van der Waals surface area contributed by atoms with Crippen LogP contribution < -0.4 is 0 Å². The Hall–Kier alpha value is -1.65. The minimum absolute atomic E-state index is 0. The third-order valence-corrected chi connectivity index (χ3v) is 8.31. The number of pyridine rings is 2. The van der Waals surface area contributed by atoms with E-state index < -0.39 is 23.6 Å². The average molecular weight is 1120 g/mol. The van der Waals surface area contributed by atoms with Gasteiger partial charge in [0.15, 0.2) is 11.2 Å². The number of fused-ring (bicyclic) bond motifs is 2. The van der Waals surface area contributed by atoms with E-state index in [1.807, 2.05) is 47.6 Å². The fourth-order valence-electron chi connectivity index (χ4n) is 5.17. The molecule has 282 valence electrons. The number of carbonyl (C=O) groups excluding carboxylic acids is 1. The number of benzene rings is 2. The molecule has 54 heavy (non-hydrogen) atoms. The van der Waals surface area contributed by atoms with Crippen LogP contribution in [0.5, 0.6) is 0 Å². The second-order valence-corrected chi connectivity index (χ2v) is 26.2. The minimum Gasteiger partial charge on any atom is 0 e. The predicted molar refractivity (Wildman–Crippen MR) is 217 cm³/mol. The monoisotopic (exact) mass is 1120 g/mol. The van der Waals surface area contributed by atoms with Crippen molar-refractivity contribution in [3.05, 3.63) is 105 Å². The normalized spacial score (nSPS) is 11.2. The molecule has 1 radical (unpaired) electrons. The first-order chi connectivity index (χ1) is 24.8. The molecule has 6 rings (SSSR count). The molecular formula is C38H34Cl2F2I2N2O6VY. The summed E-state index contributed by atoms with van der Waals surface area (Å²) in [5.74, 6) is -2.83. The zero-order chi connectivity index (χ0) is 39.4. The molecule has 4 aromatic heterocycles.